The molecular weight excluding hydrogens is 281 g/mol. The first kappa shape index (κ1) is 10.8. The van der Waals surface area contributed by atoms with Crippen LogP contribution in [0.3, 0.4) is 0 Å². The number of anilines is 1. The number of benzene rings is 1. The first-order valence-corrected chi connectivity index (χ1v) is 5.75. The molecule has 1 aromatic carbocycles. The van der Waals surface area contributed by atoms with Crippen LogP contribution in [0.2, 0.25) is 5.02 Å². The lowest BCUT2D eigenvalue weighted by Gasteiger charge is -2.26. The van der Waals surface area contributed by atoms with Gasteiger partial charge < -0.3 is 4.74 Å². The van der Waals surface area contributed by atoms with Crippen molar-refractivity contribution in [3.63, 3.8) is 0 Å². The molecule has 3 nitrogen and oxygen atoms in total. The molecule has 1 amide bonds. The summed E-state index contributed by atoms with van der Waals surface area (Å²) in [6.45, 7) is 1.18. The standard InChI is InChI=1S/C10H9BrClNO2/c11-8-3-2-7(6-9(8)12)13-4-1-5-15-10(13)14/h2-3,6H,1,4-5H2. The van der Waals surface area contributed by atoms with Gasteiger partial charge in [-0.2, -0.15) is 0 Å². The molecule has 0 unspecified atom stereocenters. The fraction of sp³-hybridized carbons (Fsp3) is 0.300. The topological polar surface area (TPSA) is 29.5 Å². The maximum Gasteiger partial charge on any atom is 0.414 e. The van der Waals surface area contributed by atoms with Crippen molar-refractivity contribution in [2.45, 2.75) is 6.42 Å². The lowest BCUT2D eigenvalue weighted by atomic mass is 10.2. The van der Waals surface area contributed by atoms with Crippen LogP contribution in [0.5, 0.6) is 0 Å². The summed E-state index contributed by atoms with van der Waals surface area (Å²) in [7, 11) is 0. The Kier molecular flexibility index (Phi) is 3.17. The van der Waals surface area contributed by atoms with E-state index in [0.717, 1.165) is 16.6 Å². The Hall–Kier alpha value is -0.740. The van der Waals surface area contributed by atoms with E-state index >= 15 is 0 Å². The molecule has 1 aromatic rings. The number of hydrogen-bond acceptors (Lipinski definition) is 2. The predicted octanol–water partition coefficient (Wildman–Crippen LogP) is 3.45. The normalized spacial score (nSPS) is 16.4. The van der Waals surface area contributed by atoms with Gasteiger partial charge in [0.05, 0.1) is 11.6 Å². The van der Waals surface area contributed by atoms with Crippen molar-refractivity contribution in [2.75, 3.05) is 18.1 Å². The van der Waals surface area contributed by atoms with Crippen molar-refractivity contribution in [3.05, 3.63) is 27.7 Å². The van der Waals surface area contributed by atoms with E-state index in [0.29, 0.717) is 18.2 Å². The SMILES string of the molecule is O=C1OCCCN1c1ccc(Br)c(Cl)c1. The second kappa shape index (κ2) is 4.41. The summed E-state index contributed by atoms with van der Waals surface area (Å²) in [6, 6.07) is 5.40. The molecule has 0 bridgehead atoms. The quantitative estimate of drug-likeness (QED) is 0.793. The number of halogens is 2. The molecule has 80 valence electrons. The Labute approximate surface area is 101 Å². The number of carbonyl (C=O) groups is 1. The third kappa shape index (κ3) is 2.26. The van der Waals surface area contributed by atoms with E-state index in [1.165, 1.54) is 0 Å². The lowest BCUT2D eigenvalue weighted by molar-refractivity contribution is 0.140. The zero-order chi connectivity index (χ0) is 10.8. The molecule has 0 radical (unpaired) electrons. The van der Waals surface area contributed by atoms with E-state index < -0.39 is 0 Å². The Morgan fingerprint density at radius 3 is 2.93 bits per heavy atom. The van der Waals surface area contributed by atoms with Crippen LogP contribution in [0, 0.1) is 0 Å². The van der Waals surface area contributed by atoms with Gasteiger partial charge in [-0.3, -0.25) is 4.90 Å². The van der Waals surface area contributed by atoms with E-state index in [1.807, 2.05) is 12.1 Å². The lowest BCUT2D eigenvalue weighted by Crippen LogP contribution is -2.37. The number of cyclic esters (lactones) is 1. The van der Waals surface area contributed by atoms with Gasteiger partial charge in [-0.05, 0) is 40.5 Å². The van der Waals surface area contributed by atoms with Gasteiger partial charge in [0, 0.05) is 16.7 Å². The van der Waals surface area contributed by atoms with E-state index in [2.05, 4.69) is 15.9 Å². The van der Waals surface area contributed by atoms with Crippen LogP contribution in [0.4, 0.5) is 10.5 Å². The molecule has 1 aliphatic rings. The minimum absolute atomic E-state index is 0.306. The highest BCUT2D eigenvalue weighted by atomic mass is 79.9. The number of rotatable bonds is 1. The molecule has 0 aromatic heterocycles. The monoisotopic (exact) mass is 289 g/mol. The first-order valence-electron chi connectivity index (χ1n) is 4.58. The molecule has 0 spiro atoms. The van der Waals surface area contributed by atoms with Crippen molar-refractivity contribution in [1.29, 1.82) is 0 Å². The molecule has 1 aliphatic heterocycles. The number of hydrogen-bond donors (Lipinski definition) is 0. The molecule has 0 N–H and O–H groups in total. The summed E-state index contributed by atoms with van der Waals surface area (Å²) in [5.74, 6) is 0. The molecular formula is C10H9BrClNO2. The molecule has 15 heavy (non-hydrogen) atoms. The fourth-order valence-electron chi connectivity index (χ4n) is 1.44. The van der Waals surface area contributed by atoms with E-state index in [9.17, 15) is 4.79 Å². The van der Waals surface area contributed by atoms with Crippen LogP contribution in [0.1, 0.15) is 6.42 Å². The Morgan fingerprint density at radius 1 is 1.47 bits per heavy atom. The summed E-state index contributed by atoms with van der Waals surface area (Å²) >= 11 is 9.26. The average molecular weight is 291 g/mol. The maximum atomic E-state index is 11.4. The molecule has 5 heteroatoms. The molecule has 0 atom stereocenters. The second-order valence-electron chi connectivity index (χ2n) is 3.22. The summed E-state index contributed by atoms with van der Waals surface area (Å²) < 4.78 is 5.77. The van der Waals surface area contributed by atoms with Crippen LogP contribution in [-0.2, 0) is 4.74 Å². The van der Waals surface area contributed by atoms with Crippen LogP contribution in [-0.4, -0.2) is 19.2 Å². The van der Waals surface area contributed by atoms with E-state index in [1.54, 1.807) is 11.0 Å². The van der Waals surface area contributed by atoms with Gasteiger partial charge in [0.1, 0.15) is 0 Å². The smallest absolute Gasteiger partial charge is 0.414 e. The van der Waals surface area contributed by atoms with Gasteiger partial charge in [0.2, 0.25) is 0 Å². The van der Waals surface area contributed by atoms with Gasteiger partial charge in [-0.15, -0.1) is 0 Å². The van der Waals surface area contributed by atoms with E-state index in [-0.39, 0.29) is 6.09 Å². The van der Waals surface area contributed by atoms with Crippen molar-refractivity contribution < 1.29 is 9.53 Å². The Bertz CT molecular complexity index is 397. The minimum Gasteiger partial charge on any atom is -0.449 e. The fourth-order valence-corrected chi connectivity index (χ4v) is 1.86. The van der Waals surface area contributed by atoms with Gasteiger partial charge in [0.15, 0.2) is 0 Å². The van der Waals surface area contributed by atoms with Gasteiger partial charge >= 0.3 is 6.09 Å². The number of ether oxygens (including phenoxy) is 1. The number of nitrogens with zero attached hydrogens (tertiary/aromatic N) is 1. The third-order valence-electron chi connectivity index (χ3n) is 2.19. The number of amides is 1. The Balaban J connectivity index is 2.28. The molecule has 1 saturated heterocycles. The highest BCUT2D eigenvalue weighted by Crippen LogP contribution is 2.28. The van der Waals surface area contributed by atoms with Gasteiger partial charge in [-0.25, -0.2) is 4.79 Å². The molecule has 0 saturated carbocycles. The van der Waals surface area contributed by atoms with Crippen molar-refractivity contribution in [2.24, 2.45) is 0 Å². The molecule has 2 rings (SSSR count). The van der Waals surface area contributed by atoms with Crippen LogP contribution in [0.15, 0.2) is 22.7 Å². The zero-order valence-corrected chi connectivity index (χ0v) is 10.2. The largest absolute Gasteiger partial charge is 0.449 e. The van der Waals surface area contributed by atoms with Crippen molar-refractivity contribution in [3.8, 4) is 0 Å². The third-order valence-corrected chi connectivity index (χ3v) is 3.42. The molecule has 1 fully saturated rings. The maximum absolute atomic E-state index is 11.4. The summed E-state index contributed by atoms with van der Waals surface area (Å²) in [5, 5.41) is 0.589. The summed E-state index contributed by atoms with van der Waals surface area (Å²) in [4.78, 5) is 13.0. The summed E-state index contributed by atoms with van der Waals surface area (Å²) in [5.41, 5.74) is 0.771. The van der Waals surface area contributed by atoms with Crippen LogP contribution >= 0.6 is 27.5 Å². The average Bonchev–Trinajstić information content (AvgIpc) is 2.23. The predicted molar refractivity (Wildman–Crippen MR) is 62.5 cm³/mol. The minimum atomic E-state index is -0.306. The van der Waals surface area contributed by atoms with E-state index in [4.69, 9.17) is 16.3 Å². The second-order valence-corrected chi connectivity index (χ2v) is 4.48. The van der Waals surface area contributed by atoms with Gasteiger partial charge in [0.25, 0.3) is 0 Å². The number of carbonyl (C=O) groups excluding carboxylic acids is 1. The highest BCUT2D eigenvalue weighted by Gasteiger charge is 2.21. The Morgan fingerprint density at radius 2 is 2.27 bits per heavy atom. The van der Waals surface area contributed by atoms with Gasteiger partial charge in [-0.1, -0.05) is 11.6 Å². The molecule has 0 aliphatic carbocycles. The summed E-state index contributed by atoms with van der Waals surface area (Å²) in [6.07, 6.45) is 0.541. The van der Waals surface area contributed by atoms with Crippen LogP contribution < -0.4 is 4.90 Å². The first-order chi connectivity index (χ1) is 7.18. The zero-order valence-electron chi connectivity index (χ0n) is 7.87. The molecule has 1 heterocycles. The van der Waals surface area contributed by atoms with Crippen LogP contribution in [0.25, 0.3) is 0 Å². The van der Waals surface area contributed by atoms with Crippen molar-refractivity contribution >= 4 is 39.3 Å². The van der Waals surface area contributed by atoms with Crippen molar-refractivity contribution in [1.82, 2.24) is 0 Å². The highest BCUT2D eigenvalue weighted by molar-refractivity contribution is 9.10.